The summed E-state index contributed by atoms with van der Waals surface area (Å²) in [7, 11) is 2.24. The third kappa shape index (κ3) is 1.68. The fourth-order valence-corrected chi connectivity index (χ4v) is 5.25. The van der Waals surface area contributed by atoms with E-state index in [1.54, 1.807) is 5.56 Å². The van der Waals surface area contributed by atoms with Crippen molar-refractivity contribution in [3.8, 4) is 0 Å². The number of hydrogen-bond acceptors (Lipinski definition) is 1. The fourth-order valence-electron chi connectivity index (χ4n) is 1.77. The third-order valence-electron chi connectivity index (χ3n) is 2.41. The van der Waals surface area contributed by atoms with Crippen LogP contribution in [-0.4, -0.2) is 7.05 Å². The van der Waals surface area contributed by atoms with Gasteiger partial charge in [-0.3, -0.25) is 0 Å². The summed E-state index contributed by atoms with van der Waals surface area (Å²) in [5.41, 5.74) is 3.08. The second-order valence-electron chi connectivity index (χ2n) is 3.39. The van der Waals surface area contributed by atoms with E-state index in [0.717, 1.165) is 3.92 Å². The van der Waals surface area contributed by atoms with Gasteiger partial charge in [-0.15, -0.1) is 0 Å². The van der Waals surface area contributed by atoms with Crippen molar-refractivity contribution in [2.45, 2.75) is 23.7 Å². The van der Waals surface area contributed by atoms with Crippen molar-refractivity contribution in [2.75, 3.05) is 10.2 Å². The van der Waals surface area contributed by atoms with Crippen molar-refractivity contribution < 1.29 is 21.5 Å². The second kappa shape index (κ2) is 3.86. The summed E-state index contributed by atoms with van der Waals surface area (Å²) in [6.07, 6.45) is 2.68. The zero-order valence-electron chi connectivity index (χ0n) is 8.13. The molecule has 2 rings (SSSR count). The van der Waals surface area contributed by atoms with Crippen molar-refractivity contribution in [1.29, 1.82) is 0 Å². The van der Waals surface area contributed by atoms with Gasteiger partial charge in [0.15, 0.2) is 0 Å². The average Bonchev–Trinajstić information content (AvgIpc) is 2.46. The molecule has 1 atom stereocenters. The molecule has 0 N–H and O–H groups in total. The summed E-state index contributed by atoms with van der Waals surface area (Å²) in [5, 5.41) is 0. The Hall–Kier alpha value is -0.250. The van der Waals surface area contributed by atoms with Gasteiger partial charge in [0.1, 0.15) is 0 Å². The van der Waals surface area contributed by atoms with E-state index in [2.05, 4.69) is 41.4 Å². The molecular weight excluding hydrogens is 273 g/mol. The Morgan fingerprint density at radius 1 is 1.38 bits per heavy atom. The zero-order valence-corrected chi connectivity index (χ0v) is 10.3. The molecule has 0 unspecified atom stereocenters. The van der Waals surface area contributed by atoms with Gasteiger partial charge in [0.2, 0.25) is 0 Å². The van der Waals surface area contributed by atoms with E-state index in [9.17, 15) is 0 Å². The Kier molecular flexibility index (Phi) is 2.77. The van der Waals surface area contributed by atoms with Gasteiger partial charge in [0, 0.05) is 0 Å². The molecule has 0 saturated heterocycles. The molecule has 1 nitrogen and oxygen atoms in total. The van der Waals surface area contributed by atoms with Crippen molar-refractivity contribution in [1.82, 2.24) is 0 Å². The summed E-state index contributed by atoms with van der Waals surface area (Å²) in [6, 6.07) is 8.88. The van der Waals surface area contributed by atoms with Crippen LogP contribution >= 0.6 is 0 Å². The maximum atomic E-state index is 2.48. The van der Waals surface area contributed by atoms with Crippen LogP contribution in [0.1, 0.15) is 29.3 Å². The summed E-state index contributed by atoms with van der Waals surface area (Å²) < 4.78 is 3.36. The van der Waals surface area contributed by atoms with Gasteiger partial charge >= 0.3 is 90.8 Å². The normalized spacial score (nSPS) is 21.1. The van der Waals surface area contributed by atoms with Crippen LogP contribution in [0.3, 0.4) is 0 Å². The second-order valence-corrected chi connectivity index (χ2v) is 6.90. The van der Waals surface area contributed by atoms with Gasteiger partial charge in [-0.1, -0.05) is 0 Å². The predicted octanol–water partition coefficient (Wildman–Crippen LogP) is -0.0184. The molecule has 0 fully saturated rings. The van der Waals surface area contributed by atoms with Crippen molar-refractivity contribution in [3.05, 3.63) is 29.8 Å². The number of fused-ring (bicyclic) bond motifs is 1. The van der Waals surface area contributed by atoms with Crippen LogP contribution in [0, 0.1) is 0 Å². The van der Waals surface area contributed by atoms with Crippen molar-refractivity contribution in [2.24, 2.45) is 0 Å². The first-order valence-corrected chi connectivity index (χ1v) is 7.00. The van der Waals surface area contributed by atoms with Crippen LogP contribution in [0.4, 0.5) is 5.69 Å². The SMILES string of the molecule is CCC[C@@H]1[I-]N(C)c2ccccc21. The minimum absolute atomic E-state index is 0.211. The summed E-state index contributed by atoms with van der Waals surface area (Å²) >= 11 is 0.211. The number of para-hydroxylation sites is 1. The van der Waals surface area contributed by atoms with Crippen LogP contribution in [0.5, 0.6) is 0 Å². The molecule has 2 heteroatoms. The molecule has 0 bridgehead atoms. The van der Waals surface area contributed by atoms with E-state index in [1.807, 2.05) is 0 Å². The Labute approximate surface area is 90.8 Å². The maximum absolute atomic E-state index is 2.48. The number of anilines is 1. The number of hydrogen-bond donors (Lipinski definition) is 0. The first-order valence-electron chi connectivity index (χ1n) is 4.79. The average molecular weight is 288 g/mol. The Balaban J connectivity index is 2.30. The van der Waals surface area contributed by atoms with Gasteiger partial charge in [-0.25, -0.2) is 0 Å². The molecule has 72 valence electrons. The van der Waals surface area contributed by atoms with E-state index in [0.29, 0.717) is 0 Å². The number of halogens is 1. The Morgan fingerprint density at radius 2 is 2.15 bits per heavy atom. The summed E-state index contributed by atoms with van der Waals surface area (Å²) in [5.74, 6) is 0. The van der Waals surface area contributed by atoms with Gasteiger partial charge in [-0.05, 0) is 0 Å². The molecule has 1 aromatic rings. The minimum atomic E-state index is 0.211. The van der Waals surface area contributed by atoms with Crippen LogP contribution in [0.15, 0.2) is 24.3 Å². The van der Waals surface area contributed by atoms with Crippen LogP contribution in [0.2, 0.25) is 0 Å². The van der Waals surface area contributed by atoms with Crippen molar-refractivity contribution in [3.63, 3.8) is 0 Å². The molecule has 0 radical (unpaired) electrons. The molecule has 0 saturated carbocycles. The predicted molar refractivity (Wildman–Crippen MR) is 52.5 cm³/mol. The van der Waals surface area contributed by atoms with Crippen LogP contribution in [0.25, 0.3) is 0 Å². The molecule has 0 aromatic heterocycles. The first-order chi connectivity index (χ1) is 6.33. The molecule has 1 aromatic carbocycles. The van der Waals surface area contributed by atoms with Crippen LogP contribution < -0.4 is 24.6 Å². The molecule has 1 aliphatic rings. The van der Waals surface area contributed by atoms with E-state index >= 15 is 0 Å². The first kappa shape index (κ1) is 9.31. The number of alkyl halides is 1. The quantitative estimate of drug-likeness (QED) is 0.420. The molecule has 1 heterocycles. The summed E-state index contributed by atoms with van der Waals surface area (Å²) in [4.78, 5) is 0. The number of nitrogens with zero attached hydrogens (tertiary/aromatic N) is 1. The standard InChI is InChI=1S/C11H15IN/c1-3-6-10-9-7-4-5-8-11(9)13(2)12-10/h4-5,7-8,10H,3,6H2,1-2H3/q-1/t10-/m0/s1. The number of rotatable bonds is 2. The van der Waals surface area contributed by atoms with Gasteiger partial charge in [0.05, 0.1) is 0 Å². The molecule has 0 aliphatic carbocycles. The molecule has 1 aliphatic heterocycles. The zero-order chi connectivity index (χ0) is 9.26. The van der Waals surface area contributed by atoms with Gasteiger partial charge in [0.25, 0.3) is 0 Å². The van der Waals surface area contributed by atoms with E-state index in [-0.39, 0.29) is 21.5 Å². The molecule has 0 spiro atoms. The summed E-state index contributed by atoms with van der Waals surface area (Å²) in [6.45, 7) is 2.28. The molecule has 0 amide bonds. The van der Waals surface area contributed by atoms with Crippen molar-refractivity contribution >= 4 is 5.69 Å². The Bertz CT molecular complexity index is 298. The molecular formula is C11H15IN-. The monoisotopic (exact) mass is 288 g/mol. The van der Waals surface area contributed by atoms with E-state index in [1.165, 1.54) is 18.5 Å². The van der Waals surface area contributed by atoms with E-state index < -0.39 is 0 Å². The van der Waals surface area contributed by atoms with E-state index in [4.69, 9.17) is 0 Å². The molecule has 13 heavy (non-hydrogen) atoms. The Morgan fingerprint density at radius 3 is 2.92 bits per heavy atom. The topological polar surface area (TPSA) is 3.24 Å². The van der Waals surface area contributed by atoms with Gasteiger partial charge < -0.3 is 0 Å². The fraction of sp³-hybridized carbons (Fsp3) is 0.455. The number of benzene rings is 1. The third-order valence-corrected chi connectivity index (χ3v) is 5.73. The van der Waals surface area contributed by atoms with Gasteiger partial charge in [-0.2, -0.15) is 0 Å². The van der Waals surface area contributed by atoms with Crippen LogP contribution in [-0.2, 0) is 0 Å².